The van der Waals surface area contributed by atoms with Gasteiger partial charge in [0.2, 0.25) is 0 Å². The maximum Gasteiger partial charge on any atom is 0.418 e. The Hall–Kier alpha value is -3.33. The molecule has 0 saturated heterocycles. The van der Waals surface area contributed by atoms with Crippen molar-refractivity contribution in [3.8, 4) is 22.4 Å². The molecule has 0 aliphatic heterocycles. The van der Waals surface area contributed by atoms with Crippen molar-refractivity contribution in [2.75, 3.05) is 6.26 Å². The van der Waals surface area contributed by atoms with Crippen LogP contribution in [0.1, 0.15) is 11.3 Å². The van der Waals surface area contributed by atoms with Crippen LogP contribution in [-0.2, 0) is 16.0 Å². The summed E-state index contributed by atoms with van der Waals surface area (Å²) < 4.78 is 78.9. The first-order valence-electron chi connectivity index (χ1n) is 9.40. The lowest BCUT2D eigenvalue weighted by atomic mass is 10.0. The van der Waals surface area contributed by atoms with Gasteiger partial charge in [0.1, 0.15) is 11.3 Å². The first-order chi connectivity index (χ1) is 14.9. The molecule has 3 aromatic carbocycles. The Morgan fingerprint density at radius 3 is 2.22 bits per heavy atom. The van der Waals surface area contributed by atoms with Gasteiger partial charge in [-0.25, -0.2) is 22.8 Å². The Bertz CT molecular complexity index is 1470. The van der Waals surface area contributed by atoms with Crippen LogP contribution in [0.15, 0.2) is 65.6 Å². The fourth-order valence-corrected chi connectivity index (χ4v) is 4.11. The van der Waals surface area contributed by atoms with Crippen LogP contribution in [0.3, 0.4) is 0 Å². The number of rotatable bonds is 3. The van der Waals surface area contributed by atoms with Crippen LogP contribution in [0.4, 0.5) is 17.6 Å². The number of nitrogens with zero attached hydrogens (tertiary/aromatic N) is 2. The van der Waals surface area contributed by atoms with Crippen molar-refractivity contribution in [2.45, 2.75) is 18.0 Å². The van der Waals surface area contributed by atoms with E-state index in [2.05, 4.69) is 9.97 Å². The molecule has 0 saturated carbocycles. The highest BCUT2D eigenvalue weighted by atomic mass is 32.2. The second kappa shape index (κ2) is 7.67. The average Bonchev–Trinajstić information content (AvgIpc) is 2.72. The van der Waals surface area contributed by atoms with Gasteiger partial charge in [-0.05, 0) is 54.4 Å². The normalized spacial score (nSPS) is 12.3. The third kappa shape index (κ3) is 4.08. The van der Waals surface area contributed by atoms with Crippen LogP contribution in [0.2, 0.25) is 0 Å². The van der Waals surface area contributed by atoms with E-state index in [9.17, 15) is 21.6 Å². The van der Waals surface area contributed by atoms with Crippen molar-refractivity contribution in [3.63, 3.8) is 0 Å². The van der Waals surface area contributed by atoms with E-state index in [1.807, 2.05) is 0 Å². The van der Waals surface area contributed by atoms with Gasteiger partial charge in [0.15, 0.2) is 9.84 Å². The average molecular weight is 460 g/mol. The predicted molar refractivity (Wildman–Crippen MR) is 113 cm³/mol. The van der Waals surface area contributed by atoms with E-state index < -0.39 is 27.4 Å². The third-order valence-corrected chi connectivity index (χ3v) is 6.10. The van der Waals surface area contributed by atoms with E-state index in [1.165, 1.54) is 36.4 Å². The Labute approximate surface area is 181 Å². The van der Waals surface area contributed by atoms with Gasteiger partial charge >= 0.3 is 6.18 Å². The smallest absolute Gasteiger partial charge is 0.249 e. The molecule has 32 heavy (non-hydrogen) atoms. The van der Waals surface area contributed by atoms with Crippen molar-refractivity contribution in [2.24, 2.45) is 0 Å². The van der Waals surface area contributed by atoms with Gasteiger partial charge in [0.25, 0.3) is 0 Å². The lowest BCUT2D eigenvalue weighted by Gasteiger charge is -2.13. The van der Waals surface area contributed by atoms with Gasteiger partial charge in [-0.15, -0.1) is 0 Å². The lowest BCUT2D eigenvalue weighted by Crippen LogP contribution is -2.08. The molecule has 9 heteroatoms. The number of aryl methyl sites for hydroxylation is 1. The fraction of sp³-hybridized carbons (Fsp3) is 0.130. The fourth-order valence-electron chi connectivity index (χ4n) is 3.44. The van der Waals surface area contributed by atoms with Crippen molar-refractivity contribution in [1.29, 1.82) is 0 Å². The Morgan fingerprint density at radius 1 is 0.875 bits per heavy atom. The summed E-state index contributed by atoms with van der Waals surface area (Å²) in [5.74, 6) is -0.714. The van der Waals surface area contributed by atoms with Crippen LogP contribution in [-0.4, -0.2) is 24.6 Å². The highest BCUT2D eigenvalue weighted by Gasteiger charge is 2.33. The van der Waals surface area contributed by atoms with Crippen LogP contribution in [0, 0.1) is 12.7 Å². The Balaban J connectivity index is 1.85. The molecule has 0 radical (unpaired) electrons. The minimum Gasteiger partial charge on any atom is -0.249 e. The Morgan fingerprint density at radius 2 is 1.56 bits per heavy atom. The van der Waals surface area contributed by atoms with Crippen LogP contribution >= 0.6 is 0 Å². The molecule has 4 aromatic rings. The summed E-state index contributed by atoms with van der Waals surface area (Å²) >= 11 is 0. The van der Waals surface area contributed by atoms with E-state index in [-0.39, 0.29) is 32.9 Å². The van der Waals surface area contributed by atoms with Crippen molar-refractivity contribution in [3.05, 3.63) is 77.7 Å². The van der Waals surface area contributed by atoms with E-state index in [1.54, 1.807) is 25.1 Å². The first kappa shape index (κ1) is 21.9. The summed E-state index contributed by atoms with van der Waals surface area (Å²) in [6, 6.07) is 13.8. The standard InChI is InChI=1S/C23H16F4N2O2S/c1-13-21(29-22-18(23(25,26)27)7-4-8-20(22)28-13)17-10-9-15(12-19(17)24)14-5-3-6-16(11-14)32(2,30)31/h3-12H,1-2H3. The van der Waals surface area contributed by atoms with Crippen LogP contribution in [0.25, 0.3) is 33.4 Å². The molecule has 0 bridgehead atoms. The highest BCUT2D eigenvalue weighted by Crippen LogP contribution is 2.36. The quantitative estimate of drug-likeness (QED) is 0.361. The molecule has 4 nitrogen and oxygen atoms in total. The number of hydrogen-bond acceptors (Lipinski definition) is 4. The molecule has 0 spiro atoms. The number of para-hydroxylation sites is 1. The van der Waals surface area contributed by atoms with E-state index in [4.69, 9.17) is 0 Å². The molecule has 0 N–H and O–H groups in total. The summed E-state index contributed by atoms with van der Waals surface area (Å²) in [5.41, 5.74) is -0.0558. The minimum atomic E-state index is -4.63. The first-order valence-corrected chi connectivity index (χ1v) is 11.3. The molecule has 0 aliphatic carbocycles. The second-order valence-corrected chi connectivity index (χ2v) is 9.34. The van der Waals surface area contributed by atoms with E-state index >= 15 is 4.39 Å². The molecular formula is C23H16F4N2O2S. The van der Waals surface area contributed by atoms with Gasteiger partial charge < -0.3 is 0 Å². The number of fused-ring (bicyclic) bond motifs is 1. The van der Waals surface area contributed by atoms with Crippen molar-refractivity contribution >= 4 is 20.9 Å². The summed E-state index contributed by atoms with van der Waals surface area (Å²) in [6.45, 7) is 1.55. The largest absolute Gasteiger partial charge is 0.418 e. The highest BCUT2D eigenvalue weighted by molar-refractivity contribution is 7.90. The number of halogens is 4. The topological polar surface area (TPSA) is 59.9 Å². The van der Waals surface area contributed by atoms with Gasteiger partial charge in [-0.1, -0.05) is 24.3 Å². The zero-order valence-electron chi connectivity index (χ0n) is 16.9. The molecule has 164 valence electrons. The summed E-state index contributed by atoms with van der Waals surface area (Å²) in [5, 5.41) is 0. The van der Waals surface area contributed by atoms with E-state index in [0.29, 0.717) is 11.1 Å². The SMILES string of the molecule is Cc1nc2cccc(C(F)(F)F)c2nc1-c1ccc(-c2cccc(S(C)(=O)=O)c2)cc1F. The molecule has 0 fully saturated rings. The van der Waals surface area contributed by atoms with Crippen molar-refractivity contribution in [1.82, 2.24) is 9.97 Å². The molecule has 1 heterocycles. The number of sulfone groups is 1. The lowest BCUT2D eigenvalue weighted by molar-refractivity contribution is -0.136. The monoisotopic (exact) mass is 460 g/mol. The number of hydrogen-bond donors (Lipinski definition) is 0. The zero-order valence-corrected chi connectivity index (χ0v) is 17.7. The predicted octanol–water partition coefficient (Wildman–Crippen LogP) is 5.83. The number of benzene rings is 3. The van der Waals surface area contributed by atoms with Gasteiger partial charge in [-0.2, -0.15) is 13.2 Å². The van der Waals surface area contributed by atoms with E-state index in [0.717, 1.165) is 12.3 Å². The molecule has 1 aromatic heterocycles. The summed E-state index contributed by atoms with van der Waals surface area (Å²) in [6.07, 6.45) is -3.56. The molecule has 4 rings (SSSR count). The molecule has 0 amide bonds. The molecule has 0 aliphatic rings. The number of alkyl halides is 3. The summed E-state index contributed by atoms with van der Waals surface area (Å²) in [4.78, 5) is 8.40. The number of aromatic nitrogens is 2. The van der Waals surface area contributed by atoms with Crippen molar-refractivity contribution < 1.29 is 26.0 Å². The van der Waals surface area contributed by atoms with Gasteiger partial charge in [0.05, 0.1) is 27.4 Å². The minimum absolute atomic E-state index is 0.00287. The molecule has 0 atom stereocenters. The maximum absolute atomic E-state index is 15.1. The zero-order chi connectivity index (χ0) is 23.3. The Kier molecular flexibility index (Phi) is 5.24. The molecule has 0 unspecified atom stereocenters. The van der Waals surface area contributed by atoms with Gasteiger partial charge in [0, 0.05) is 11.8 Å². The van der Waals surface area contributed by atoms with Gasteiger partial charge in [-0.3, -0.25) is 0 Å². The maximum atomic E-state index is 15.1. The van der Waals surface area contributed by atoms with Crippen LogP contribution < -0.4 is 0 Å². The third-order valence-electron chi connectivity index (χ3n) is 4.99. The second-order valence-electron chi connectivity index (χ2n) is 7.32. The van der Waals surface area contributed by atoms with Crippen LogP contribution in [0.5, 0.6) is 0 Å². The summed E-state index contributed by atoms with van der Waals surface area (Å²) in [7, 11) is -3.44. The molecular weight excluding hydrogens is 444 g/mol.